The van der Waals surface area contributed by atoms with Crippen molar-refractivity contribution in [2.45, 2.75) is 27.2 Å². The number of benzene rings is 2. The van der Waals surface area contributed by atoms with Gasteiger partial charge in [0, 0.05) is 5.69 Å². The molecule has 0 aliphatic heterocycles. The molecule has 5 nitrogen and oxygen atoms in total. The van der Waals surface area contributed by atoms with Gasteiger partial charge in [-0.25, -0.2) is 0 Å². The molecule has 128 valence electrons. The Balaban J connectivity index is 1.70. The van der Waals surface area contributed by atoms with Crippen LogP contribution < -0.4 is 10.1 Å². The van der Waals surface area contributed by atoms with Gasteiger partial charge in [-0.05, 0) is 62.2 Å². The van der Waals surface area contributed by atoms with Crippen molar-refractivity contribution in [3.05, 3.63) is 71.1 Å². The van der Waals surface area contributed by atoms with Gasteiger partial charge < -0.3 is 14.6 Å². The van der Waals surface area contributed by atoms with Crippen LogP contribution in [0.4, 0.5) is 5.69 Å². The van der Waals surface area contributed by atoms with Crippen LogP contribution in [0.5, 0.6) is 11.5 Å². The average molecular weight is 336 g/mol. The van der Waals surface area contributed by atoms with Crippen molar-refractivity contribution in [3.63, 3.8) is 0 Å². The minimum Gasteiger partial charge on any atom is -0.457 e. The number of rotatable bonds is 5. The maximum Gasteiger partial charge on any atom is 0.261 e. The largest absolute Gasteiger partial charge is 0.457 e. The molecule has 0 bridgehead atoms. The van der Waals surface area contributed by atoms with Crippen molar-refractivity contribution < 1.29 is 14.1 Å². The minimum atomic E-state index is -0.219. The maximum atomic E-state index is 12.4. The quantitative estimate of drug-likeness (QED) is 0.720. The van der Waals surface area contributed by atoms with E-state index in [1.165, 1.54) is 0 Å². The normalized spacial score (nSPS) is 10.5. The molecule has 0 aliphatic carbocycles. The van der Waals surface area contributed by atoms with E-state index in [-0.39, 0.29) is 5.91 Å². The number of nitrogens with one attached hydrogen (secondary N) is 1. The standard InChI is InChI=1S/C20H20N2O3/c1-4-18-19(14(3)25-22-18)20(23)21-15-8-10-16(11-9-15)24-17-7-5-6-13(2)12-17/h5-12H,4H2,1-3H3,(H,21,23). The van der Waals surface area contributed by atoms with E-state index in [1.54, 1.807) is 19.1 Å². The molecular weight excluding hydrogens is 316 g/mol. The third kappa shape index (κ3) is 3.88. The summed E-state index contributed by atoms with van der Waals surface area (Å²) in [6, 6.07) is 15.1. The lowest BCUT2D eigenvalue weighted by Gasteiger charge is -2.08. The third-order valence-corrected chi connectivity index (χ3v) is 3.83. The second-order valence-electron chi connectivity index (χ2n) is 5.81. The van der Waals surface area contributed by atoms with Crippen molar-refractivity contribution in [2.24, 2.45) is 0 Å². The second-order valence-corrected chi connectivity index (χ2v) is 5.81. The number of hydrogen-bond donors (Lipinski definition) is 1. The van der Waals surface area contributed by atoms with Gasteiger partial charge in [-0.15, -0.1) is 0 Å². The number of nitrogens with zero attached hydrogens (tertiary/aromatic N) is 1. The summed E-state index contributed by atoms with van der Waals surface area (Å²) in [7, 11) is 0. The molecule has 3 aromatic rings. The van der Waals surface area contributed by atoms with Gasteiger partial charge in [-0.2, -0.15) is 0 Å². The van der Waals surface area contributed by atoms with Gasteiger partial charge in [0.1, 0.15) is 22.8 Å². The molecule has 1 N–H and O–H groups in total. The Hall–Kier alpha value is -3.08. The van der Waals surface area contributed by atoms with Crippen LogP contribution in [-0.4, -0.2) is 11.1 Å². The zero-order chi connectivity index (χ0) is 17.8. The number of anilines is 1. The topological polar surface area (TPSA) is 64.4 Å². The highest BCUT2D eigenvalue weighted by Crippen LogP contribution is 2.24. The number of hydrogen-bond acceptors (Lipinski definition) is 4. The van der Waals surface area contributed by atoms with Crippen LogP contribution in [0, 0.1) is 13.8 Å². The first-order valence-electron chi connectivity index (χ1n) is 8.18. The molecule has 0 saturated heterocycles. The van der Waals surface area contributed by atoms with E-state index in [0.717, 1.165) is 11.3 Å². The van der Waals surface area contributed by atoms with Gasteiger partial charge in [0.25, 0.3) is 5.91 Å². The van der Waals surface area contributed by atoms with Crippen LogP contribution in [0.1, 0.15) is 34.3 Å². The van der Waals surface area contributed by atoms with Crippen LogP contribution in [0.25, 0.3) is 0 Å². The summed E-state index contributed by atoms with van der Waals surface area (Å²) >= 11 is 0. The summed E-state index contributed by atoms with van der Waals surface area (Å²) < 4.78 is 10.9. The molecule has 1 aromatic heterocycles. The third-order valence-electron chi connectivity index (χ3n) is 3.83. The van der Waals surface area contributed by atoms with Gasteiger partial charge in [0.15, 0.2) is 0 Å². The lowest BCUT2D eigenvalue weighted by molar-refractivity contribution is 0.102. The van der Waals surface area contributed by atoms with E-state index in [0.29, 0.717) is 34.9 Å². The predicted octanol–water partition coefficient (Wildman–Crippen LogP) is 4.90. The van der Waals surface area contributed by atoms with Crippen LogP contribution in [0.15, 0.2) is 53.1 Å². The van der Waals surface area contributed by atoms with Gasteiger partial charge in [0.05, 0.1) is 5.69 Å². The van der Waals surface area contributed by atoms with Crippen LogP contribution in [-0.2, 0) is 6.42 Å². The SMILES string of the molecule is CCc1noc(C)c1C(=O)Nc1ccc(Oc2cccc(C)c2)cc1. The van der Waals surface area contributed by atoms with Crippen LogP contribution >= 0.6 is 0 Å². The lowest BCUT2D eigenvalue weighted by atomic mass is 10.1. The van der Waals surface area contributed by atoms with Crippen molar-refractivity contribution in [3.8, 4) is 11.5 Å². The van der Waals surface area contributed by atoms with E-state index in [9.17, 15) is 4.79 Å². The number of aromatic nitrogens is 1. The minimum absolute atomic E-state index is 0.219. The molecule has 0 saturated carbocycles. The Labute approximate surface area is 146 Å². The Morgan fingerprint density at radius 2 is 1.88 bits per heavy atom. The first kappa shape index (κ1) is 16.8. The monoisotopic (exact) mass is 336 g/mol. The van der Waals surface area contributed by atoms with Crippen LogP contribution in [0.3, 0.4) is 0 Å². The Kier molecular flexibility index (Phi) is 4.84. The molecule has 25 heavy (non-hydrogen) atoms. The Morgan fingerprint density at radius 1 is 1.12 bits per heavy atom. The van der Waals surface area contributed by atoms with E-state index in [1.807, 2.05) is 50.2 Å². The molecular formula is C20H20N2O3. The van der Waals surface area contributed by atoms with E-state index in [4.69, 9.17) is 9.26 Å². The fourth-order valence-corrected chi connectivity index (χ4v) is 2.57. The molecule has 0 atom stereocenters. The zero-order valence-corrected chi connectivity index (χ0v) is 14.5. The van der Waals surface area contributed by atoms with Crippen molar-refractivity contribution in [1.82, 2.24) is 5.16 Å². The summed E-state index contributed by atoms with van der Waals surface area (Å²) in [4.78, 5) is 12.4. The average Bonchev–Trinajstić information content (AvgIpc) is 2.97. The summed E-state index contributed by atoms with van der Waals surface area (Å²) in [6.07, 6.45) is 0.642. The summed E-state index contributed by atoms with van der Waals surface area (Å²) in [6.45, 7) is 5.69. The fourth-order valence-electron chi connectivity index (χ4n) is 2.57. The number of aryl methyl sites for hydroxylation is 3. The molecule has 1 heterocycles. The molecule has 0 aliphatic rings. The van der Waals surface area contributed by atoms with Gasteiger partial charge in [-0.3, -0.25) is 4.79 Å². The summed E-state index contributed by atoms with van der Waals surface area (Å²) in [5.41, 5.74) is 2.98. The Morgan fingerprint density at radius 3 is 2.56 bits per heavy atom. The number of carbonyl (C=O) groups excluding carboxylic acids is 1. The fraction of sp³-hybridized carbons (Fsp3) is 0.200. The number of amides is 1. The Bertz CT molecular complexity index is 882. The smallest absolute Gasteiger partial charge is 0.261 e. The summed E-state index contributed by atoms with van der Waals surface area (Å²) in [5, 5.41) is 6.77. The van der Waals surface area contributed by atoms with E-state index in [2.05, 4.69) is 10.5 Å². The highest BCUT2D eigenvalue weighted by Gasteiger charge is 2.19. The van der Waals surface area contributed by atoms with Gasteiger partial charge >= 0.3 is 0 Å². The maximum absolute atomic E-state index is 12.4. The molecule has 2 aromatic carbocycles. The molecule has 0 fully saturated rings. The first-order chi connectivity index (χ1) is 12.1. The molecule has 1 amide bonds. The molecule has 0 unspecified atom stereocenters. The van der Waals surface area contributed by atoms with Crippen molar-refractivity contribution in [2.75, 3.05) is 5.32 Å². The number of ether oxygens (including phenoxy) is 1. The predicted molar refractivity (Wildman–Crippen MR) is 96.3 cm³/mol. The zero-order valence-electron chi connectivity index (χ0n) is 14.5. The highest BCUT2D eigenvalue weighted by atomic mass is 16.5. The van der Waals surface area contributed by atoms with E-state index < -0.39 is 0 Å². The van der Waals surface area contributed by atoms with Gasteiger partial charge in [-0.1, -0.05) is 24.2 Å². The number of carbonyl (C=O) groups is 1. The van der Waals surface area contributed by atoms with Crippen LogP contribution in [0.2, 0.25) is 0 Å². The second kappa shape index (κ2) is 7.21. The lowest BCUT2D eigenvalue weighted by Crippen LogP contribution is -2.14. The molecule has 5 heteroatoms. The molecule has 3 rings (SSSR count). The molecule has 0 spiro atoms. The van der Waals surface area contributed by atoms with Gasteiger partial charge in [0.2, 0.25) is 0 Å². The molecule has 0 radical (unpaired) electrons. The highest BCUT2D eigenvalue weighted by molar-refractivity contribution is 6.05. The first-order valence-corrected chi connectivity index (χ1v) is 8.18. The summed E-state index contributed by atoms with van der Waals surface area (Å²) in [5.74, 6) is 1.79. The van der Waals surface area contributed by atoms with E-state index >= 15 is 0 Å². The van der Waals surface area contributed by atoms with Crippen molar-refractivity contribution >= 4 is 11.6 Å². The van der Waals surface area contributed by atoms with Crippen molar-refractivity contribution in [1.29, 1.82) is 0 Å².